The molecule has 158 valence electrons. The molecule has 0 amide bonds. The highest BCUT2D eigenvalue weighted by molar-refractivity contribution is 7.98. The van der Waals surface area contributed by atoms with Gasteiger partial charge in [0.25, 0.3) is 5.56 Å². The molecule has 31 heavy (non-hydrogen) atoms. The minimum absolute atomic E-state index is 0.0313. The van der Waals surface area contributed by atoms with Gasteiger partial charge in [-0.15, -0.1) is 23.1 Å². The first kappa shape index (κ1) is 21.1. The molecular formula is C23H20N2O4S2. The number of thiophene rings is 1. The van der Waals surface area contributed by atoms with Gasteiger partial charge in [-0.2, -0.15) is 4.57 Å². The molecule has 4 aromatic rings. The molecule has 0 unspecified atom stereocenters. The van der Waals surface area contributed by atoms with Crippen LogP contribution in [0.15, 0.2) is 74.5 Å². The molecule has 0 atom stereocenters. The van der Waals surface area contributed by atoms with E-state index in [0.717, 1.165) is 30.7 Å². The van der Waals surface area contributed by atoms with Crippen LogP contribution in [0.3, 0.4) is 0 Å². The monoisotopic (exact) mass is 452 g/mol. The summed E-state index contributed by atoms with van der Waals surface area (Å²) < 4.78 is 7.49. The van der Waals surface area contributed by atoms with Crippen molar-refractivity contribution in [2.45, 2.75) is 25.0 Å². The first-order chi connectivity index (χ1) is 15.0. The average Bonchev–Trinajstić information content (AvgIpc) is 3.17. The van der Waals surface area contributed by atoms with Crippen LogP contribution in [0.5, 0.6) is 0 Å². The summed E-state index contributed by atoms with van der Waals surface area (Å²) in [6.45, 7) is 1.90. The van der Waals surface area contributed by atoms with Crippen LogP contribution in [0.4, 0.5) is 4.79 Å². The summed E-state index contributed by atoms with van der Waals surface area (Å²) in [6, 6.07) is 16.8. The molecule has 0 radical (unpaired) electrons. The van der Waals surface area contributed by atoms with Gasteiger partial charge in [-0.1, -0.05) is 42.5 Å². The maximum absolute atomic E-state index is 13.2. The Morgan fingerprint density at radius 1 is 1.03 bits per heavy atom. The Morgan fingerprint density at radius 2 is 1.74 bits per heavy atom. The van der Waals surface area contributed by atoms with E-state index >= 15 is 0 Å². The number of rotatable bonds is 5. The van der Waals surface area contributed by atoms with Gasteiger partial charge in [0.05, 0.1) is 11.9 Å². The predicted molar refractivity (Wildman–Crippen MR) is 124 cm³/mol. The van der Waals surface area contributed by atoms with E-state index in [4.69, 9.17) is 4.74 Å². The van der Waals surface area contributed by atoms with Gasteiger partial charge < -0.3 is 4.74 Å². The molecule has 0 bridgehead atoms. The summed E-state index contributed by atoms with van der Waals surface area (Å²) in [5.41, 5.74) is 1.23. The van der Waals surface area contributed by atoms with Gasteiger partial charge in [-0.3, -0.25) is 9.36 Å². The second kappa shape index (κ2) is 8.95. The Bertz CT molecular complexity index is 1350. The molecule has 6 nitrogen and oxygen atoms in total. The van der Waals surface area contributed by atoms with Gasteiger partial charge in [-0.05, 0) is 47.4 Å². The summed E-state index contributed by atoms with van der Waals surface area (Å²) >= 11 is 2.81. The van der Waals surface area contributed by atoms with Gasteiger partial charge in [0.15, 0.2) is 0 Å². The number of carbonyl (C=O) groups excluding carboxylic acids is 1. The van der Waals surface area contributed by atoms with Crippen molar-refractivity contribution < 1.29 is 9.53 Å². The van der Waals surface area contributed by atoms with Gasteiger partial charge in [-0.25, -0.2) is 9.59 Å². The van der Waals surface area contributed by atoms with E-state index < -0.39 is 17.3 Å². The fourth-order valence-electron chi connectivity index (χ4n) is 3.28. The molecule has 2 aromatic heterocycles. The Hall–Kier alpha value is -3.10. The average molecular weight is 453 g/mol. The first-order valence-electron chi connectivity index (χ1n) is 9.57. The first-order valence-corrected chi connectivity index (χ1v) is 11.7. The molecule has 4 rings (SSSR count). The smallest absolute Gasteiger partial charge is 0.423 e. The lowest BCUT2D eigenvalue weighted by atomic mass is 10.2. The Kier molecular flexibility index (Phi) is 6.11. The second-order valence-corrected chi connectivity index (χ2v) is 8.73. The maximum atomic E-state index is 13.2. The van der Waals surface area contributed by atoms with E-state index in [0.29, 0.717) is 10.2 Å². The topological polar surface area (TPSA) is 70.3 Å². The number of aryl methyl sites for hydroxylation is 1. The summed E-state index contributed by atoms with van der Waals surface area (Å²) in [5, 5.41) is 2.13. The zero-order valence-corrected chi connectivity index (χ0v) is 18.7. The summed E-state index contributed by atoms with van der Waals surface area (Å²) in [5.74, 6) is 0. The molecule has 0 spiro atoms. The van der Waals surface area contributed by atoms with Crippen molar-refractivity contribution >= 4 is 39.4 Å². The SMILES string of the molecule is CSc1ccc(COC(=O)n2c(=O)n(Cc3ccccc3)c(=O)c3c(C)csc32)cc1. The van der Waals surface area contributed by atoms with Crippen LogP contribution in [0.1, 0.15) is 16.7 Å². The van der Waals surface area contributed by atoms with Crippen LogP contribution >= 0.6 is 23.1 Å². The van der Waals surface area contributed by atoms with E-state index in [2.05, 4.69) is 0 Å². The van der Waals surface area contributed by atoms with Crippen LogP contribution in [-0.4, -0.2) is 21.5 Å². The lowest BCUT2D eigenvalue weighted by molar-refractivity contribution is 0.141. The number of aromatic nitrogens is 2. The fourth-order valence-corrected chi connectivity index (χ4v) is 4.72. The third-order valence-electron chi connectivity index (χ3n) is 4.93. The fraction of sp³-hybridized carbons (Fsp3) is 0.174. The minimum Gasteiger partial charge on any atom is -0.444 e. The highest BCUT2D eigenvalue weighted by Crippen LogP contribution is 2.22. The third kappa shape index (κ3) is 4.22. The van der Waals surface area contributed by atoms with Crippen LogP contribution in [0.25, 0.3) is 10.2 Å². The van der Waals surface area contributed by atoms with E-state index in [1.165, 1.54) is 11.3 Å². The number of benzene rings is 2. The van der Waals surface area contributed by atoms with Gasteiger partial charge in [0, 0.05) is 4.90 Å². The van der Waals surface area contributed by atoms with Crippen LogP contribution in [-0.2, 0) is 17.9 Å². The number of ether oxygens (including phenoxy) is 1. The van der Waals surface area contributed by atoms with Gasteiger partial charge >= 0.3 is 11.8 Å². The molecule has 0 saturated carbocycles. The minimum atomic E-state index is -0.799. The summed E-state index contributed by atoms with van der Waals surface area (Å²) in [7, 11) is 0. The number of thioether (sulfide) groups is 1. The van der Waals surface area contributed by atoms with Crippen molar-refractivity contribution in [3.05, 3.63) is 97.5 Å². The van der Waals surface area contributed by atoms with Crippen molar-refractivity contribution in [1.82, 2.24) is 9.13 Å². The summed E-state index contributed by atoms with van der Waals surface area (Å²) in [6.07, 6.45) is 1.19. The van der Waals surface area contributed by atoms with Crippen LogP contribution in [0.2, 0.25) is 0 Å². The van der Waals surface area contributed by atoms with Crippen LogP contribution < -0.4 is 11.2 Å². The highest BCUT2D eigenvalue weighted by atomic mass is 32.2. The quantitative estimate of drug-likeness (QED) is 0.417. The third-order valence-corrected chi connectivity index (χ3v) is 6.75. The molecule has 0 N–H and O–H groups in total. The maximum Gasteiger partial charge on any atom is 0.423 e. The Balaban J connectivity index is 1.73. The molecular weight excluding hydrogens is 432 g/mol. The number of hydrogen-bond donors (Lipinski definition) is 0. The molecule has 2 heterocycles. The molecule has 0 aliphatic heterocycles. The second-order valence-electron chi connectivity index (χ2n) is 7.00. The Labute approximate surface area is 186 Å². The highest BCUT2D eigenvalue weighted by Gasteiger charge is 2.22. The number of carbonyl (C=O) groups is 1. The largest absolute Gasteiger partial charge is 0.444 e. The zero-order chi connectivity index (χ0) is 22.0. The lowest BCUT2D eigenvalue weighted by Gasteiger charge is -2.12. The van der Waals surface area contributed by atoms with Crippen molar-refractivity contribution in [1.29, 1.82) is 0 Å². The molecule has 0 aliphatic rings. The number of hydrogen-bond acceptors (Lipinski definition) is 6. The number of nitrogens with zero attached hydrogens (tertiary/aromatic N) is 2. The summed E-state index contributed by atoms with van der Waals surface area (Å²) in [4.78, 5) is 40.6. The van der Waals surface area contributed by atoms with Crippen molar-refractivity contribution in [2.75, 3.05) is 6.26 Å². The van der Waals surface area contributed by atoms with E-state index in [-0.39, 0.29) is 13.2 Å². The standard InChI is InChI=1S/C23H20N2O4S2/c1-15-14-31-21-19(15)20(26)24(12-16-6-4-3-5-7-16)22(27)25(21)23(28)29-13-17-8-10-18(30-2)11-9-17/h3-11,14H,12-13H2,1-2H3. The molecule has 2 aromatic carbocycles. The molecule has 0 saturated heterocycles. The normalized spacial score (nSPS) is 11.0. The van der Waals surface area contributed by atoms with Gasteiger partial charge in [0.1, 0.15) is 11.4 Å². The zero-order valence-electron chi connectivity index (χ0n) is 17.0. The van der Waals surface area contributed by atoms with Crippen molar-refractivity contribution in [2.24, 2.45) is 0 Å². The molecule has 0 fully saturated rings. The molecule has 8 heteroatoms. The predicted octanol–water partition coefficient (Wildman–Crippen LogP) is 4.49. The molecule has 0 aliphatic carbocycles. The Morgan fingerprint density at radius 3 is 2.42 bits per heavy atom. The van der Waals surface area contributed by atoms with E-state index in [1.807, 2.05) is 60.9 Å². The van der Waals surface area contributed by atoms with Crippen LogP contribution in [0, 0.1) is 6.92 Å². The van der Waals surface area contributed by atoms with Crippen molar-refractivity contribution in [3.8, 4) is 0 Å². The van der Waals surface area contributed by atoms with E-state index in [9.17, 15) is 14.4 Å². The number of fused-ring (bicyclic) bond motifs is 1. The van der Waals surface area contributed by atoms with E-state index in [1.54, 1.807) is 24.1 Å². The lowest BCUT2D eigenvalue weighted by Crippen LogP contribution is -2.42. The van der Waals surface area contributed by atoms with Crippen molar-refractivity contribution in [3.63, 3.8) is 0 Å². The van der Waals surface area contributed by atoms with Gasteiger partial charge in [0.2, 0.25) is 0 Å².